The summed E-state index contributed by atoms with van der Waals surface area (Å²) in [5.41, 5.74) is 3.83. The van der Waals surface area contributed by atoms with Crippen LogP contribution in [0.1, 0.15) is 18.5 Å². The van der Waals surface area contributed by atoms with Gasteiger partial charge in [-0.05, 0) is 57.6 Å². The molecule has 5 heterocycles. The SMILES string of the molecule is Cc1ccc(Nc2cc3cc(-c4c(OC[C@H]5CCCN5C)cnn4C)ccn3n2)nn1. The molecule has 1 aliphatic rings. The van der Waals surface area contributed by atoms with E-state index in [1.54, 1.807) is 6.20 Å². The molecule has 1 aliphatic heterocycles. The predicted octanol–water partition coefficient (Wildman–Crippen LogP) is 3.05. The highest BCUT2D eigenvalue weighted by molar-refractivity contribution is 5.72. The van der Waals surface area contributed by atoms with Gasteiger partial charge in [-0.25, -0.2) is 4.52 Å². The van der Waals surface area contributed by atoms with Crippen molar-refractivity contribution in [3.8, 4) is 17.0 Å². The second-order valence-corrected chi connectivity index (χ2v) is 8.07. The number of nitrogens with zero attached hydrogens (tertiary/aromatic N) is 7. The van der Waals surface area contributed by atoms with Gasteiger partial charge in [0.15, 0.2) is 17.4 Å². The van der Waals surface area contributed by atoms with Crippen LogP contribution < -0.4 is 10.1 Å². The van der Waals surface area contributed by atoms with E-state index in [-0.39, 0.29) is 0 Å². The lowest BCUT2D eigenvalue weighted by Gasteiger charge is -2.19. The Balaban J connectivity index is 1.39. The Morgan fingerprint density at radius 2 is 2.03 bits per heavy atom. The molecule has 1 saturated heterocycles. The number of pyridine rings is 1. The standard InChI is InChI=1S/C22H26N8O/c1-15-6-7-20(26-25-15)24-21-12-18-11-16(8-10-30(18)27-21)22-19(13-23-29(22)3)31-14-17-5-4-9-28(17)2/h6-8,10-13,17H,4-5,9,14H2,1-3H3,(H,24,26,27)/t17-/m1/s1. The Morgan fingerprint density at radius 1 is 1.13 bits per heavy atom. The van der Waals surface area contributed by atoms with E-state index in [0.29, 0.717) is 24.3 Å². The Hall–Kier alpha value is -3.46. The minimum absolute atomic E-state index is 0.462. The van der Waals surface area contributed by atoms with Gasteiger partial charge in [-0.1, -0.05) is 0 Å². The molecule has 1 N–H and O–H groups in total. The normalized spacial score (nSPS) is 16.8. The van der Waals surface area contributed by atoms with E-state index in [2.05, 4.69) is 43.7 Å². The molecular formula is C22H26N8O. The number of aromatic nitrogens is 6. The highest BCUT2D eigenvalue weighted by Gasteiger charge is 2.22. The minimum atomic E-state index is 0.462. The average Bonchev–Trinajstić information content (AvgIpc) is 3.45. The monoisotopic (exact) mass is 418 g/mol. The number of aryl methyl sites for hydroxylation is 2. The van der Waals surface area contributed by atoms with Gasteiger partial charge in [-0.2, -0.15) is 15.3 Å². The zero-order chi connectivity index (χ0) is 21.4. The Kier molecular flexibility index (Phi) is 5.03. The van der Waals surface area contributed by atoms with Gasteiger partial charge >= 0.3 is 0 Å². The molecule has 1 atom stereocenters. The van der Waals surface area contributed by atoms with Gasteiger partial charge in [-0.3, -0.25) is 4.68 Å². The first-order valence-electron chi connectivity index (χ1n) is 10.5. The van der Waals surface area contributed by atoms with Crippen molar-refractivity contribution in [1.82, 2.24) is 34.5 Å². The van der Waals surface area contributed by atoms with E-state index in [4.69, 9.17) is 4.74 Å². The summed E-state index contributed by atoms with van der Waals surface area (Å²) in [6, 6.07) is 10.4. The average molecular weight is 419 g/mol. The van der Waals surface area contributed by atoms with Crippen LogP contribution in [0.2, 0.25) is 0 Å². The summed E-state index contributed by atoms with van der Waals surface area (Å²) in [6.07, 6.45) is 6.15. The minimum Gasteiger partial charge on any atom is -0.488 e. The molecule has 4 aromatic heterocycles. The summed E-state index contributed by atoms with van der Waals surface area (Å²) in [5.74, 6) is 2.18. The second-order valence-electron chi connectivity index (χ2n) is 8.07. The van der Waals surface area contributed by atoms with Gasteiger partial charge in [0.1, 0.15) is 12.3 Å². The molecule has 1 fully saturated rings. The number of fused-ring (bicyclic) bond motifs is 1. The lowest BCUT2D eigenvalue weighted by molar-refractivity contribution is 0.199. The van der Waals surface area contributed by atoms with Crippen LogP contribution in [0, 0.1) is 6.92 Å². The van der Waals surface area contributed by atoms with Gasteiger partial charge in [-0.15, -0.1) is 5.10 Å². The number of likely N-dealkylation sites (tertiary alicyclic amines) is 1. The number of ether oxygens (including phenoxy) is 1. The highest BCUT2D eigenvalue weighted by atomic mass is 16.5. The number of rotatable bonds is 6. The van der Waals surface area contributed by atoms with Crippen molar-refractivity contribution in [2.75, 3.05) is 25.5 Å². The zero-order valence-electron chi connectivity index (χ0n) is 18.0. The Morgan fingerprint density at radius 3 is 2.81 bits per heavy atom. The summed E-state index contributed by atoms with van der Waals surface area (Å²) in [7, 11) is 4.10. The molecule has 4 aromatic rings. The van der Waals surface area contributed by atoms with Gasteiger partial charge in [0.05, 0.1) is 17.4 Å². The van der Waals surface area contributed by atoms with Gasteiger partial charge in [0.2, 0.25) is 0 Å². The van der Waals surface area contributed by atoms with Crippen molar-refractivity contribution in [1.29, 1.82) is 0 Å². The van der Waals surface area contributed by atoms with Gasteiger partial charge < -0.3 is 15.0 Å². The number of hydrogen-bond donors (Lipinski definition) is 1. The molecule has 0 unspecified atom stereocenters. The maximum atomic E-state index is 6.20. The third-order valence-corrected chi connectivity index (χ3v) is 5.80. The van der Waals surface area contributed by atoms with Crippen LogP contribution in [0.4, 0.5) is 11.6 Å². The van der Waals surface area contributed by atoms with E-state index in [9.17, 15) is 0 Å². The molecule has 0 radical (unpaired) electrons. The number of anilines is 2. The fraction of sp³-hybridized carbons (Fsp3) is 0.364. The van der Waals surface area contributed by atoms with Gasteiger partial charge in [0.25, 0.3) is 0 Å². The fourth-order valence-electron chi connectivity index (χ4n) is 4.03. The van der Waals surface area contributed by atoms with E-state index in [1.807, 2.05) is 53.6 Å². The predicted molar refractivity (Wildman–Crippen MR) is 119 cm³/mol. The second kappa shape index (κ2) is 7.99. The van der Waals surface area contributed by atoms with Crippen LogP contribution in [0.3, 0.4) is 0 Å². The Labute approximate surface area is 180 Å². The van der Waals surface area contributed by atoms with Crippen molar-refractivity contribution >= 4 is 17.2 Å². The smallest absolute Gasteiger partial charge is 0.165 e. The van der Waals surface area contributed by atoms with Crippen LogP contribution in [-0.4, -0.2) is 60.7 Å². The van der Waals surface area contributed by atoms with Crippen molar-refractivity contribution in [2.45, 2.75) is 25.8 Å². The third-order valence-electron chi connectivity index (χ3n) is 5.80. The molecule has 160 valence electrons. The lowest BCUT2D eigenvalue weighted by atomic mass is 10.1. The zero-order valence-corrected chi connectivity index (χ0v) is 18.0. The molecule has 0 amide bonds. The van der Waals surface area contributed by atoms with Gasteiger partial charge in [0, 0.05) is 30.9 Å². The van der Waals surface area contributed by atoms with Crippen LogP contribution in [0.25, 0.3) is 16.8 Å². The third kappa shape index (κ3) is 3.96. The van der Waals surface area contributed by atoms with E-state index in [0.717, 1.165) is 34.8 Å². The summed E-state index contributed by atoms with van der Waals surface area (Å²) >= 11 is 0. The van der Waals surface area contributed by atoms with E-state index < -0.39 is 0 Å². The summed E-state index contributed by atoms with van der Waals surface area (Å²) in [6.45, 7) is 3.72. The summed E-state index contributed by atoms with van der Waals surface area (Å²) in [4.78, 5) is 2.36. The maximum absolute atomic E-state index is 6.20. The summed E-state index contributed by atoms with van der Waals surface area (Å²) in [5, 5.41) is 20.4. The largest absolute Gasteiger partial charge is 0.488 e. The van der Waals surface area contributed by atoms with Crippen molar-refractivity contribution in [3.63, 3.8) is 0 Å². The highest BCUT2D eigenvalue weighted by Crippen LogP contribution is 2.31. The van der Waals surface area contributed by atoms with E-state index >= 15 is 0 Å². The first-order chi connectivity index (χ1) is 15.1. The van der Waals surface area contributed by atoms with Crippen LogP contribution in [0.15, 0.2) is 42.7 Å². The lowest BCUT2D eigenvalue weighted by Crippen LogP contribution is -2.30. The molecule has 0 aliphatic carbocycles. The van der Waals surface area contributed by atoms with Crippen LogP contribution >= 0.6 is 0 Å². The maximum Gasteiger partial charge on any atom is 0.165 e. The number of hydrogen-bond acceptors (Lipinski definition) is 7. The van der Waals surface area contributed by atoms with E-state index in [1.165, 1.54) is 12.8 Å². The molecule has 0 aromatic carbocycles. The quantitative estimate of drug-likeness (QED) is 0.515. The molecule has 0 bridgehead atoms. The molecule has 5 rings (SSSR count). The molecule has 9 heteroatoms. The summed E-state index contributed by atoms with van der Waals surface area (Å²) < 4.78 is 9.89. The van der Waals surface area contributed by atoms with Crippen molar-refractivity contribution in [3.05, 3.63) is 48.4 Å². The number of likely N-dealkylation sites (N-methyl/N-ethyl adjacent to an activating group) is 1. The molecule has 0 saturated carbocycles. The van der Waals surface area contributed by atoms with Crippen molar-refractivity contribution in [2.24, 2.45) is 7.05 Å². The van der Waals surface area contributed by atoms with Crippen LogP contribution in [-0.2, 0) is 7.05 Å². The molecule has 31 heavy (non-hydrogen) atoms. The fourth-order valence-corrected chi connectivity index (χ4v) is 4.03. The molecular weight excluding hydrogens is 392 g/mol. The first-order valence-corrected chi connectivity index (χ1v) is 10.5. The first kappa shape index (κ1) is 19.5. The van der Waals surface area contributed by atoms with Crippen molar-refractivity contribution < 1.29 is 4.74 Å². The molecule has 0 spiro atoms. The topological polar surface area (TPSA) is 85.4 Å². The van der Waals surface area contributed by atoms with Crippen LogP contribution in [0.5, 0.6) is 5.75 Å². The molecule has 9 nitrogen and oxygen atoms in total. The number of nitrogens with one attached hydrogen (secondary N) is 1. The Bertz CT molecular complexity index is 1200.